The number of allylic oxidation sites excluding steroid dienone is 1. The Morgan fingerprint density at radius 1 is 1.07 bits per heavy atom. The molecule has 2 aromatic rings. The molecular formula is C20H19NO5S. The molecule has 0 saturated heterocycles. The van der Waals surface area contributed by atoms with Crippen molar-refractivity contribution in [2.45, 2.75) is 24.8 Å². The van der Waals surface area contributed by atoms with E-state index >= 15 is 0 Å². The summed E-state index contributed by atoms with van der Waals surface area (Å²) >= 11 is 0. The van der Waals surface area contributed by atoms with E-state index in [-0.39, 0.29) is 21.9 Å². The second-order valence-corrected chi connectivity index (χ2v) is 8.15. The van der Waals surface area contributed by atoms with Crippen LogP contribution in [0, 0.1) is 0 Å². The van der Waals surface area contributed by atoms with Crippen LogP contribution in [0.15, 0.2) is 59.1 Å². The molecule has 0 saturated carbocycles. The molecule has 0 fully saturated rings. The van der Waals surface area contributed by atoms with Crippen LogP contribution in [0.2, 0.25) is 0 Å². The topological polar surface area (TPSA) is 80.8 Å². The number of hydrogen-bond donors (Lipinski definition) is 0. The first-order valence-electron chi connectivity index (χ1n) is 8.35. The molecule has 27 heavy (non-hydrogen) atoms. The van der Waals surface area contributed by atoms with Crippen LogP contribution in [-0.2, 0) is 14.8 Å². The lowest BCUT2D eigenvalue weighted by Crippen LogP contribution is -2.43. The summed E-state index contributed by atoms with van der Waals surface area (Å²) in [6.45, 7) is 3.43. The predicted octanol–water partition coefficient (Wildman–Crippen LogP) is 3.11. The lowest BCUT2D eigenvalue weighted by molar-refractivity contribution is 0.0600. The highest BCUT2D eigenvalue weighted by molar-refractivity contribution is 7.89. The largest absolute Gasteiger partial charge is 0.465 e. The lowest BCUT2D eigenvalue weighted by atomic mass is 10.0. The van der Waals surface area contributed by atoms with Crippen LogP contribution in [0.4, 0.5) is 0 Å². The van der Waals surface area contributed by atoms with Gasteiger partial charge in [-0.1, -0.05) is 24.3 Å². The van der Waals surface area contributed by atoms with Gasteiger partial charge in [0, 0.05) is 11.6 Å². The molecule has 0 atom stereocenters. The summed E-state index contributed by atoms with van der Waals surface area (Å²) in [4.78, 5) is 24.6. The van der Waals surface area contributed by atoms with Crippen LogP contribution in [0.3, 0.4) is 0 Å². The summed E-state index contributed by atoms with van der Waals surface area (Å²) in [5, 5.41) is 0. The highest BCUT2D eigenvalue weighted by Gasteiger charge is 2.40. The molecular weight excluding hydrogens is 366 g/mol. The van der Waals surface area contributed by atoms with E-state index in [2.05, 4.69) is 4.74 Å². The van der Waals surface area contributed by atoms with Gasteiger partial charge in [0.05, 0.1) is 17.6 Å². The van der Waals surface area contributed by atoms with Gasteiger partial charge in [-0.3, -0.25) is 9.10 Å². The van der Waals surface area contributed by atoms with E-state index in [1.165, 1.54) is 25.3 Å². The second kappa shape index (κ2) is 7.00. The molecule has 0 N–H and O–H groups in total. The molecule has 0 aromatic heterocycles. The summed E-state index contributed by atoms with van der Waals surface area (Å²) in [6, 6.07) is 12.2. The first-order chi connectivity index (χ1) is 12.8. The van der Waals surface area contributed by atoms with E-state index < -0.39 is 22.0 Å². The van der Waals surface area contributed by atoms with Gasteiger partial charge in [-0.15, -0.1) is 0 Å². The number of Topliss-reactive ketones (excluding diaryl/α,β-unsaturated/α-hetero) is 1. The van der Waals surface area contributed by atoms with Crippen LogP contribution < -0.4 is 0 Å². The van der Waals surface area contributed by atoms with Crippen LogP contribution in [0.1, 0.15) is 40.1 Å². The van der Waals surface area contributed by atoms with Crippen molar-refractivity contribution in [1.29, 1.82) is 0 Å². The Hall–Kier alpha value is -2.93. The van der Waals surface area contributed by atoms with Crippen molar-refractivity contribution >= 4 is 27.9 Å². The molecule has 1 aliphatic heterocycles. The SMILES string of the molecule is COC(=O)c1ccc(/C=C2\C(=O)c3ccccc3S(=O)(=O)N2C(C)C)cc1. The van der Waals surface area contributed by atoms with Crippen molar-refractivity contribution in [2.75, 3.05) is 7.11 Å². The van der Waals surface area contributed by atoms with Gasteiger partial charge < -0.3 is 4.74 Å². The maximum atomic E-state index is 13.0. The summed E-state index contributed by atoms with van der Waals surface area (Å²) in [6.07, 6.45) is 1.52. The molecule has 7 heteroatoms. The zero-order valence-electron chi connectivity index (χ0n) is 15.2. The molecule has 2 aromatic carbocycles. The summed E-state index contributed by atoms with van der Waals surface area (Å²) in [7, 11) is -2.55. The molecule has 140 valence electrons. The Morgan fingerprint density at radius 3 is 2.30 bits per heavy atom. The minimum Gasteiger partial charge on any atom is -0.465 e. The first-order valence-corrected chi connectivity index (χ1v) is 9.79. The maximum Gasteiger partial charge on any atom is 0.337 e. The average molecular weight is 385 g/mol. The van der Waals surface area contributed by atoms with Gasteiger partial charge in [-0.05, 0) is 49.8 Å². The first kappa shape index (κ1) is 18.8. The van der Waals surface area contributed by atoms with Gasteiger partial charge in [0.15, 0.2) is 0 Å². The predicted molar refractivity (Wildman–Crippen MR) is 101 cm³/mol. The third-order valence-corrected chi connectivity index (χ3v) is 6.29. The zero-order chi connectivity index (χ0) is 19.8. The number of esters is 1. The fourth-order valence-electron chi connectivity index (χ4n) is 3.03. The molecule has 0 radical (unpaired) electrons. The standard InChI is InChI=1S/C20H19NO5S/c1-13(2)21-17(12-14-8-10-15(11-9-14)20(23)26-3)19(22)16-6-4-5-7-18(16)27(21,24)25/h4-13H,1-3H3/b17-12+. The smallest absolute Gasteiger partial charge is 0.337 e. The fourth-order valence-corrected chi connectivity index (χ4v) is 4.88. The second-order valence-electron chi connectivity index (χ2n) is 6.36. The molecule has 0 unspecified atom stereocenters. The normalized spacial score (nSPS) is 17.1. The molecule has 0 bridgehead atoms. The Bertz CT molecular complexity index is 1040. The van der Waals surface area contributed by atoms with Gasteiger partial charge in [0.2, 0.25) is 5.78 Å². The van der Waals surface area contributed by atoms with Crippen LogP contribution in [0.5, 0.6) is 0 Å². The summed E-state index contributed by atoms with van der Waals surface area (Å²) in [5.74, 6) is -0.825. The summed E-state index contributed by atoms with van der Waals surface area (Å²) < 4.78 is 31.9. The number of sulfonamides is 1. The van der Waals surface area contributed by atoms with Crippen molar-refractivity contribution in [3.63, 3.8) is 0 Å². The van der Waals surface area contributed by atoms with Gasteiger partial charge in [-0.2, -0.15) is 0 Å². The average Bonchev–Trinajstić information content (AvgIpc) is 2.65. The molecule has 1 heterocycles. The van der Waals surface area contributed by atoms with Crippen molar-refractivity contribution in [3.05, 3.63) is 70.9 Å². The minimum atomic E-state index is -3.84. The van der Waals surface area contributed by atoms with E-state index in [0.29, 0.717) is 11.1 Å². The number of methoxy groups -OCH3 is 1. The number of hydrogen-bond acceptors (Lipinski definition) is 5. The quantitative estimate of drug-likeness (QED) is 0.599. The fraction of sp³-hybridized carbons (Fsp3) is 0.200. The number of benzene rings is 2. The molecule has 0 spiro atoms. The number of carbonyl (C=O) groups is 2. The molecule has 0 aliphatic carbocycles. The Labute approximate surface area is 158 Å². The number of ketones is 1. The van der Waals surface area contributed by atoms with E-state index in [0.717, 1.165) is 4.31 Å². The molecule has 3 rings (SSSR count). The summed E-state index contributed by atoms with van der Waals surface area (Å²) in [5.41, 5.74) is 1.21. The van der Waals surface area contributed by atoms with E-state index in [1.807, 2.05) is 0 Å². The monoisotopic (exact) mass is 385 g/mol. The zero-order valence-corrected chi connectivity index (χ0v) is 16.0. The number of fused-ring (bicyclic) bond motifs is 1. The number of nitrogens with zero attached hydrogens (tertiary/aromatic N) is 1. The highest BCUT2D eigenvalue weighted by Crippen LogP contribution is 2.34. The number of carbonyl (C=O) groups excluding carboxylic acids is 2. The van der Waals surface area contributed by atoms with Crippen molar-refractivity contribution in [3.8, 4) is 0 Å². The van der Waals surface area contributed by atoms with Crippen LogP contribution in [-0.4, -0.2) is 37.6 Å². The van der Waals surface area contributed by atoms with E-state index in [4.69, 9.17) is 0 Å². The third-order valence-electron chi connectivity index (χ3n) is 4.24. The van der Waals surface area contributed by atoms with Gasteiger partial charge >= 0.3 is 5.97 Å². The van der Waals surface area contributed by atoms with Crippen LogP contribution >= 0.6 is 0 Å². The van der Waals surface area contributed by atoms with Crippen molar-refractivity contribution in [2.24, 2.45) is 0 Å². The highest BCUT2D eigenvalue weighted by atomic mass is 32.2. The van der Waals surface area contributed by atoms with Crippen molar-refractivity contribution in [1.82, 2.24) is 4.31 Å². The van der Waals surface area contributed by atoms with Gasteiger partial charge in [0.25, 0.3) is 10.0 Å². The van der Waals surface area contributed by atoms with E-state index in [9.17, 15) is 18.0 Å². The molecule has 1 aliphatic rings. The van der Waals surface area contributed by atoms with Crippen LogP contribution in [0.25, 0.3) is 6.08 Å². The van der Waals surface area contributed by atoms with Gasteiger partial charge in [-0.25, -0.2) is 13.2 Å². The molecule has 6 nitrogen and oxygen atoms in total. The Kier molecular flexibility index (Phi) is 4.89. The Morgan fingerprint density at radius 2 is 1.70 bits per heavy atom. The lowest BCUT2D eigenvalue weighted by Gasteiger charge is -2.34. The third kappa shape index (κ3) is 3.26. The van der Waals surface area contributed by atoms with Crippen molar-refractivity contribution < 1.29 is 22.7 Å². The van der Waals surface area contributed by atoms with E-state index in [1.54, 1.807) is 50.2 Å². The van der Waals surface area contributed by atoms with Gasteiger partial charge in [0.1, 0.15) is 5.70 Å². The molecule has 0 amide bonds. The Balaban J connectivity index is 2.14. The number of ether oxygens (including phenoxy) is 1. The maximum absolute atomic E-state index is 13.0. The minimum absolute atomic E-state index is 0.0156. The number of rotatable bonds is 3.